The Labute approximate surface area is 113 Å². The molecule has 16 heavy (non-hydrogen) atoms. The summed E-state index contributed by atoms with van der Waals surface area (Å²) < 4.78 is 4.97. The van der Waals surface area contributed by atoms with Crippen LogP contribution < -0.4 is 0 Å². The molecule has 2 unspecified atom stereocenters. The van der Waals surface area contributed by atoms with E-state index in [1.807, 2.05) is 31.2 Å². The highest BCUT2D eigenvalue weighted by molar-refractivity contribution is 9.12. The molecular weight excluding hydrogens is 336 g/mol. The van der Waals surface area contributed by atoms with Gasteiger partial charge in [-0.15, -0.1) is 0 Å². The molecule has 4 heteroatoms. The van der Waals surface area contributed by atoms with Crippen molar-refractivity contribution in [1.82, 2.24) is 0 Å². The third-order valence-corrected chi connectivity index (χ3v) is 4.89. The van der Waals surface area contributed by atoms with Crippen LogP contribution in [0.5, 0.6) is 0 Å². The Morgan fingerprint density at radius 2 is 2.00 bits per heavy atom. The number of hydrogen-bond donors (Lipinski definition) is 0. The summed E-state index contributed by atoms with van der Waals surface area (Å²) in [6.45, 7) is 4.22. The number of alkyl halides is 2. The molecule has 0 N–H and O–H groups in total. The molecule has 1 aromatic carbocycles. The Bertz CT molecular complexity index is 366. The van der Waals surface area contributed by atoms with E-state index in [9.17, 15) is 4.79 Å². The third-order valence-electron chi connectivity index (χ3n) is 2.25. The second-order valence-electron chi connectivity index (χ2n) is 3.41. The number of benzene rings is 1. The third kappa shape index (κ3) is 3.32. The van der Waals surface area contributed by atoms with Crippen molar-refractivity contribution in [3.8, 4) is 0 Å². The maximum atomic E-state index is 11.6. The van der Waals surface area contributed by atoms with E-state index in [0.29, 0.717) is 6.61 Å². The Hall–Kier alpha value is -0.350. The second kappa shape index (κ2) is 6.40. The number of halogens is 2. The lowest BCUT2D eigenvalue weighted by molar-refractivity contribution is -0.142. The molecular formula is C12H14Br2O2. The summed E-state index contributed by atoms with van der Waals surface area (Å²) in [6, 6.07) is 7.96. The monoisotopic (exact) mass is 348 g/mol. The minimum Gasteiger partial charge on any atom is -0.465 e. The smallest absolute Gasteiger partial charge is 0.321 e. The van der Waals surface area contributed by atoms with E-state index in [4.69, 9.17) is 4.74 Å². The van der Waals surface area contributed by atoms with Gasteiger partial charge in [0.15, 0.2) is 0 Å². The van der Waals surface area contributed by atoms with Crippen LogP contribution in [0, 0.1) is 6.92 Å². The minimum absolute atomic E-state index is 0.0762. The number of carbonyl (C=O) groups is 1. The number of carbonyl (C=O) groups excluding carboxylic acids is 1. The molecule has 88 valence electrons. The maximum absolute atomic E-state index is 11.6. The molecule has 2 atom stereocenters. The zero-order valence-corrected chi connectivity index (χ0v) is 12.4. The quantitative estimate of drug-likeness (QED) is 0.611. The first-order chi connectivity index (χ1) is 7.57. The molecule has 0 aromatic heterocycles. The summed E-state index contributed by atoms with van der Waals surface area (Å²) in [4.78, 5) is 11.1. The highest BCUT2D eigenvalue weighted by atomic mass is 79.9. The number of esters is 1. The number of ether oxygens (including phenoxy) is 1. The minimum atomic E-state index is -0.367. The predicted molar refractivity (Wildman–Crippen MR) is 72.2 cm³/mol. The first kappa shape index (κ1) is 13.7. The lowest BCUT2D eigenvalue weighted by atomic mass is 10.0. The molecule has 0 spiro atoms. The number of aryl methyl sites for hydroxylation is 1. The Morgan fingerprint density at radius 1 is 1.38 bits per heavy atom. The molecule has 0 radical (unpaired) electrons. The number of rotatable bonds is 4. The lowest BCUT2D eigenvalue weighted by Gasteiger charge is -2.17. The van der Waals surface area contributed by atoms with Gasteiger partial charge in [0.25, 0.3) is 0 Å². The van der Waals surface area contributed by atoms with Crippen LogP contribution >= 0.6 is 31.9 Å². The first-order valence-corrected chi connectivity index (χ1v) is 6.91. The molecule has 0 fully saturated rings. The van der Waals surface area contributed by atoms with E-state index in [1.165, 1.54) is 0 Å². The average molecular weight is 350 g/mol. The zero-order valence-electron chi connectivity index (χ0n) is 9.24. The van der Waals surface area contributed by atoms with Crippen molar-refractivity contribution in [3.05, 3.63) is 35.4 Å². The summed E-state index contributed by atoms with van der Waals surface area (Å²) in [5.74, 6) is -0.243. The maximum Gasteiger partial charge on any atom is 0.321 e. The van der Waals surface area contributed by atoms with Gasteiger partial charge in [-0.1, -0.05) is 56.1 Å². The second-order valence-corrected chi connectivity index (χ2v) is 5.39. The van der Waals surface area contributed by atoms with Crippen molar-refractivity contribution in [2.75, 3.05) is 6.61 Å². The molecule has 0 aliphatic rings. The van der Waals surface area contributed by atoms with E-state index >= 15 is 0 Å². The van der Waals surface area contributed by atoms with Crippen LogP contribution in [0.2, 0.25) is 0 Å². The first-order valence-electron chi connectivity index (χ1n) is 5.08. The van der Waals surface area contributed by atoms with Crippen LogP contribution in [-0.2, 0) is 9.53 Å². The van der Waals surface area contributed by atoms with Crippen LogP contribution in [0.15, 0.2) is 24.3 Å². The van der Waals surface area contributed by atoms with Crippen molar-refractivity contribution in [3.63, 3.8) is 0 Å². The highest BCUT2D eigenvalue weighted by Crippen LogP contribution is 2.33. The molecule has 1 aromatic rings. The Morgan fingerprint density at radius 3 is 2.56 bits per heavy atom. The van der Waals surface area contributed by atoms with E-state index in [1.54, 1.807) is 6.92 Å². The fourth-order valence-electron chi connectivity index (χ4n) is 1.40. The van der Waals surface area contributed by atoms with Gasteiger partial charge in [-0.2, -0.15) is 0 Å². The summed E-state index contributed by atoms with van der Waals surface area (Å²) in [6.07, 6.45) is 0. The van der Waals surface area contributed by atoms with Crippen molar-refractivity contribution >= 4 is 37.8 Å². The number of hydrogen-bond acceptors (Lipinski definition) is 2. The largest absolute Gasteiger partial charge is 0.465 e. The normalized spacial score (nSPS) is 14.2. The zero-order chi connectivity index (χ0) is 12.1. The standard InChI is InChI=1S/C12H14Br2O2/c1-3-16-12(15)11(14)10(13)9-7-5-4-6-8(9)2/h4-7,10-11H,3H2,1-2H3. The van der Waals surface area contributed by atoms with Gasteiger partial charge < -0.3 is 4.74 Å². The van der Waals surface area contributed by atoms with Gasteiger partial charge in [0.2, 0.25) is 0 Å². The molecule has 1 rings (SSSR count). The van der Waals surface area contributed by atoms with Crippen molar-refractivity contribution < 1.29 is 9.53 Å². The van der Waals surface area contributed by atoms with Crippen LogP contribution in [0.3, 0.4) is 0 Å². The van der Waals surface area contributed by atoms with Crippen molar-refractivity contribution in [1.29, 1.82) is 0 Å². The van der Waals surface area contributed by atoms with Gasteiger partial charge >= 0.3 is 5.97 Å². The van der Waals surface area contributed by atoms with E-state index in [-0.39, 0.29) is 15.6 Å². The van der Waals surface area contributed by atoms with Crippen LogP contribution in [-0.4, -0.2) is 17.4 Å². The van der Waals surface area contributed by atoms with Gasteiger partial charge in [0.1, 0.15) is 4.83 Å². The Balaban J connectivity index is 2.82. The average Bonchev–Trinajstić information content (AvgIpc) is 2.28. The molecule has 0 saturated carbocycles. The fourth-order valence-corrected chi connectivity index (χ4v) is 2.54. The summed E-state index contributed by atoms with van der Waals surface area (Å²) >= 11 is 6.88. The fraction of sp³-hybridized carbons (Fsp3) is 0.417. The van der Waals surface area contributed by atoms with Gasteiger partial charge in [-0.3, -0.25) is 4.79 Å². The Kier molecular flexibility index (Phi) is 5.49. The van der Waals surface area contributed by atoms with Crippen LogP contribution in [0.1, 0.15) is 22.9 Å². The highest BCUT2D eigenvalue weighted by Gasteiger charge is 2.26. The van der Waals surface area contributed by atoms with Crippen molar-refractivity contribution in [2.45, 2.75) is 23.5 Å². The molecule has 0 aliphatic carbocycles. The van der Waals surface area contributed by atoms with E-state index in [2.05, 4.69) is 31.9 Å². The van der Waals surface area contributed by atoms with Crippen LogP contribution in [0.4, 0.5) is 0 Å². The molecule has 0 aliphatic heterocycles. The molecule has 0 amide bonds. The molecule has 0 heterocycles. The summed E-state index contributed by atoms with van der Waals surface area (Å²) in [5, 5.41) is 0. The van der Waals surface area contributed by atoms with Gasteiger partial charge in [0, 0.05) is 0 Å². The van der Waals surface area contributed by atoms with Gasteiger partial charge in [-0.05, 0) is 25.0 Å². The lowest BCUT2D eigenvalue weighted by Crippen LogP contribution is -2.22. The van der Waals surface area contributed by atoms with Gasteiger partial charge in [-0.25, -0.2) is 0 Å². The summed E-state index contributed by atoms with van der Waals surface area (Å²) in [5.41, 5.74) is 2.25. The SMILES string of the molecule is CCOC(=O)C(Br)C(Br)c1ccccc1C. The molecule has 2 nitrogen and oxygen atoms in total. The van der Waals surface area contributed by atoms with Crippen molar-refractivity contribution in [2.24, 2.45) is 0 Å². The predicted octanol–water partition coefficient (Wildman–Crippen LogP) is 3.76. The topological polar surface area (TPSA) is 26.3 Å². The summed E-state index contributed by atoms with van der Waals surface area (Å²) in [7, 11) is 0. The molecule has 0 bridgehead atoms. The van der Waals surface area contributed by atoms with E-state index in [0.717, 1.165) is 11.1 Å². The molecule has 0 saturated heterocycles. The van der Waals surface area contributed by atoms with Gasteiger partial charge in [0.05, 0.1) is 11.4 Å². The van der Waals surface area contributed by atoms with Crippen LogP contribution in [0.25, 0.3) is 0 Å². The van der Waals surface area contributed by atoms with E-state index < -0.39 is 0 Å².